The summed E-state index contributed by atoms with van der Waals surface area (Å²) in [4.78, 5) is 10.9. The Morgan fingerprint density at radius 1 is 1.29 bits per heavy atom. The Kier molecular flexibility index (Phi) is 2.28. The number of benzene rings is 1. The van der Waals surface area contributed by atoms with Gasteiger partial charge in [0, 0.05) is 0 Å². The number of carbonyl (C=O) groups excluding carboxylic acids is 1. The first kappa shape index (κ1) is 9.25. The Bertz CT molecular complexity index is 346. The van der Waals surface area contributed by atoms with E-state index in [0.29, 0.717) is 0 Å². The lowest BCUT2D eigenvalue weighted by Crippen LogP contribution is -2.33. The van der Waals surface area contributed by atoms with Gasteiger partial charge in [0.2, 0.25) is 0 Å². The number of aldehydes is 1. The summed E-state index contributed by atoms with van der Waals surface area (Å²) in [6.07, 6.45) is 0.989. The monoisotopic (exact) mass is 190 g/mol. The quantitative estimate of drug-likeness (QED) is 0.635. The predicted octanol–water partition coefficient (Wildman–Crippen LogP) is 2.39. The molecule has 0 saturated carbocycles. The molecule has 0 fully saturated rings. The van der Waals surface area contributed by atoms with Gasteiger partial charge in [-0.25, -0.2) is 0 Å². The van der Waals surface area contributed by atoms with Crippen molar-refractivity contribution >= 4 is 6.29 Å². The fraction of sp³-hybridized carbons (Fsp3) is 0.417. The van der Waals surface area contributed by atoms with Crippen LogP contribution in [0.25, 0.3) is 0 Å². The average molecular weight is 190 g/mol. The molecule has 0 aliphatic carbocycles. The molecule has 2 rings (SSSR count). The van der Waals surface area contributed by atoms with Crippen LogP contribution in [0.15, 0.2) is 24.3 Å². The van der Waals surface area contributed by atoms with E-state index in [4.69, 9.17) is 4.74 Å². The number of carbonyl (C=O) groups is 1. The summed E-state index contributed by atoms with van der Waals surface area (Å²) in [5.41, 5.74) is 1.14. The molecule has 14 heavy (non-hydrogen) atoms. The minimum Gasteiger partial charge on any atom is -0.490 e. The van der Waals surface area contributed by atoms with Crippen LogP contribution < -0.4 is 4.74 Å². The van der Waals surface area contributed by atoms with Gasteiger partial charge in [0.25, 0.3) is 0 Å². The third-order valence-electron chi connectivity index (χ3n) is 3.00. The van der Waals surface area contributed by atoms with Gasteiger partial charge in [-0.2, -0.15) is 0 Å². The molecule has 0 bridgehead atoms. The fourth-order valence-corrected chi connectivity index (χ4v) is 2.09. The number of hydrogen-bond donors (Lipinski definition) is 0. The number of fused-ring (bicyclic) bond motifs is 1. The Hall–Kier alpha value is -1.31. The SMILES string of the molecule is CC1c2ccccc2O[C@H](C)[C@H]1C=O. The summed E-state index contributed by atoms with van der Waals surface area (Å²) in [7, 11) is 0. The number of ether oxygens (including phenoxy) is 1. The molecule has 1 heterocycles. The first-order chi connectivity index (χ1) is 6.74. The molecule has 3 atom stereocenters. The van der Waals surface area contributed by atoms with Gasteiger partial charge >= 0.3 is 0 Å². The van der Waals surface area contributed by atoms with Crippen LogP contribution in [0.4, 0.5) is 0 Å². The van der Waals surface area contributed by atoms with E-state index in [1.165, 1.54) is 0 Å². The summed E-state index contributed by atoms with van der Waals surface area (Å²) in [6, 6.07) is 7.93. The van der Waals surface area contributed by atoms with Gasteiger partial charge in [0.05, 0.1) is 5.92 Å². The van der Waals surface area contributed by atoms with Crippen LogP contribution in [0.5, 0.6) is 5.75 Å². The third kappa shape index (κ3) is 1.31. The van der Waals surface area contributed by atoms with Crippen molar-refractivity contribution in [2.75, 3.05) is 0 Å². The van der Waals surface area contributed by atoms with Crippen molar-refractivity contribution < 1.29 is 9.53 Å². The average Bonchev–Trinajstić information content (AvgIpc) is 2.18. The Labute approximate surface area is 83.9 Å². The molecule has 0 N–H and O–H groups in total. The molecule has 1 unspecified atom stereocenters. The van der Waals surface area contributed by atoms with Gasteiger partial charge in [0.1, 0.15) is 18.1 Å². The molecule has 0 radical (unpaired) electrons. The number of para-hydroxylation sites is 1. The van der Waals surface area contributed by atoms with Crippen molar-refractivity contribution in [3.63, 3.8) is 0 Å². The summed E-state index contributed by atoms with van der Waals surface area (Å²) >= 11 is 0. The zero-order valence-corrected chi connectivity index (χ0v) is 8.44. The second kappa shape index (κ2) is 3.45. The van der Waals surface area contributed by atoms with Crippen molar-refractivity contribution in [1.82, 2.24) is 0 Å². The minimum absolute atomic E-state index is 0.0163. The van der Waals surface area contributed by atoms with Crippen molar-refractivity contribution in [2.45, 2.75) is 25.9 Å². The van der Waals surface area contributed by atoms with Crippen LogP contribution in [-0.4, -0.2) is 12.4 Å². The maximum Gasteiger partial charge on any atom is 0.127 e. The molecule has 0 saturated heterocycles. The highest BCUT2D eigenvalue weighted by Crippen LogP contribution is 2.38. The van der Waals surface area contributed by atoms with Crippen molar-refractivity contribution in [2.24, 2.45) is 5.92 Å². The summed E-state index contributed by atoms with van der Waals surface area (Å²) < 4.78 is 5.67. The van der Waals surface area contributed by atoms with Crippen LogP contribution in [0.3, 0.4) is 0 Å². The second-order valence-electron chi connectivity index (χ2n) is 3.86. The van der Waals surface area contributed by atoms with Gasteiger partial charge < -0.3 is 9.53 Å². The van der Waals surface area contributed by atoms with Crippen molar-refractivity contribution in [1.29, 1.82) is 0 Å². The van der Waals surface area contributed by atoms with E-state index in [2.05, 4.69) is 6.92 Å². The Morgan fingerprint density at radius 2 is 2.00 bits per heavy atom. The first-order valence-electron chi connectivity index (χ1n) is 4.95. The van der Waals surface area contributed by atoms with Gasteiger partial charge in [-0.3, -0.25) is 0 Å². The lowest BCUT2D eigenvalue weighted by Gasteiger charge is -2.33. The molecular weight excluding hydrogens is 176 g/mol. The molecule has 1 aliphatic rings. The molecule has 1 aromatic rings. The maximum atomic E-state index is 10.9. The fourth-order valence-electron chi connectivity index (χ4n) is 2.09. The van der Waals surface area contributed by atoms with Crippen LogP contribution in [0, 0.1) is 5.92 Å². The van der Waals surface area contributed by atoms with Crippen molar-refractivity contribution in [3.8, 4) is 5.75 Å². The minimum atomic E-state index is -0.0232. The van der Waals surface area contributed by atoms with E-state index in [0.717, 1.165) is 17.6 Å². The lowest BCUT2D eigenvalue weighted by molar-refractivity contribution is -0.114. The van der Waals surface area contributed by atoms with Crippen LogP contribution in [-0.2, 0) is 4.79 Å². The highest BCUT2D eigenvalue weighted by molar-refractivity contribution is 5.59. The maximum absolute atomic E-state index is 10.9. The normalized spacial score (nSPS) is 30.3. The molecule has 2 heteroatoms. The van der Waals surface area contributed by atoms with Crippen LogP contribution >= 0.6 is 0 Å². The van der Waals surface area contributed by atoms with Crippen molar-refractivity contribution in [3.05, 3.63) is 29.8 Å². The summed E-state index contributed by atoms with van der Waals surface area (Å²) in [6.45, 7) is 4.03. The summed E-state index contributed by atoms with van der Waals surface area (Å²) in [5.74, 6) is 1.16. The Morgan fingerprint density at radius 3 is 2.71 bits per heavy atom. The van der Waals surface area contributed by atoms with E-state index in [1.807, 2.05) is 31.2 Å². The molecule has 74 valence electrons. The van der Waals surface area contributed by atoms with Crippen LogP contribution in [0.2, 0.25) is 0 Å². The molecule has 0 amide bonds. The largest absolute Gasteiger partial charge is 0.490 e. The van der Waals surface area contributed by atoms with Gasteiger partial charge in [0.15, 0.2) is 0 Å². The van der Waals surface area contributed by atoms with Crippen LogP contribution in [0.1, 0.15) is 25.3 Å². The lowest BCUT2D eigenvalue weighted by atomic mass is 9.82. The zero-order valence-electron chi connectivity index (χ0n) is 8.44. The highest BCUT2D eigenvalue weighted by atomic mass is 16.5. The van der Waals surface area contributed by atoms with E-state index in [-0.39, 0.29) is 17.9 Å². The van der Waals surface area contributed by atoms with E-state index in [1.54, 1.807) is 0 Å². The van der Waals surface area contributed by atoms with E-state index >= 15 is 0 Å². The number of hydrogen-bond acceptors (Lipinski definition) is 2. The van der Waals surface area contributed by atoms with E-state index in [9.17, 15) is 4.79 Å². The topological polar surface area (TPSA) is 26.3 Å². The molecular formula is C12H14O2. The molecule has 1 aliphatic heterocycles. The van der Waals surface area contributed by atoms with Gasteiger partial charge in [-0.15, -0.1) is 0 Å². The molecule has 1 aromatic carbocycles. The first-order valence-corrected chi connectivity index (χ1v) is 4.95. The summed E-state index contributed by atoms with van der Waals surface area (Å²) in [5, 5.41) is 0. The predicted molar refractivity (Wildman–Crippen MR) is 54.5 cm³/mol. The zero-order chi connectivity index (χ0) is 10.1. The van der Waals surface area contributed by atoms with E-state index < -0.39 is 0 Å². The van der Waals surface area contributed by atoms with Gasteiger partial charge in [-0.05, 0) is 24.5 Å². The molecule has 0 spiro atoms. The molecule has 0 aromatic heterocycles. The van der Waals surface area contributed by atoms with Gasteiger partial charge in [-0.1, -0.05) is 25.1 Å². The molecule has 2 nitrogen and oxygen atoms in total. The number of rotatable bonds is 1. The second-order valence-corrected chi connectivity index (χ2v) is 3.86. The highest BCUT2D eigenvalue weighted by Gasteiger charge is 2.32. The third-order valence-corrected chi connectivity index (χ3v) is 3.00. The smallest absolute Gasteiger partial charge is 0.127 e. The Balaban J connectivity index is 2.43. The standard InChI is InChI=1S/C12H14O2/c1-8-10-5-3-4-6-12(10)14-9(2)11(8)7-13/h3-9,11H,1-2H3/t8?,9-,11+/m1/s1.